The Morgan fingerprint density at radius 2 is 1.23 bits per heavy atom. The summed E-state index contributed by atoms with van der Waals surface area (Å²) in [6, 6.07) is 50.6. The van der Waals surface area contributed by atoms with E-state index in [4.69, 9.17) is 24.4 Å². The Morgan fingerprint density at radius 3 is 2.13 bits per heavy atom. The number of fused-ring (bicyclic) bond motifs is 9. The maximum atomic E-state index is 6.78. The minimum absolute atomic E-state index is 0.0845. The molecule has 0 unspecified atom stereocenters. The number of pyridine rings is 1. The zero-order valence-corrected chi connectivity index (χ0v) is 29.1. The highest BCUT2D eigenvalue weighted by atomic mass is 16.3. The summed E-state index contributed by atoms with van der Waals surface area (Å²) in [5.41, 5.74) is 12.2. The van der Waals surface area contributed by atoms with Crippen LogP contribution in [0, 0.1) is 0 Å². The number of nitrogens with zero attached hydrogens (tertiary/aromatic N) is 5. The van der Waals surface area contributed by atoms with E-state index in [1.807, 2.05) is 48.7 Å². The minimum atomic E-state index is -0.0845. The molecule has 4 heterocycles. The molecule has 0 spiro atoms. The van der Waals surface area contributed by atoms with E-state index in [-0.39, 0.29) is 5.41 Å². The van der Waals surface area contributed by atoms with Crippen LogP contribution in [0.2, 0.25) is 0 Å². The van der Waals surface area contributed by atoms with Crippen molar-refractivity contribution < 1.29 is 4.42 Å². The van der Waals surface area contributed by atoms with Crippen LogP contribution >= 0.6 is 0 Å². The van der Waals surface area contributed by atoms with Crippen molar-refractivity contribution in [1.82, 2.24) is 24.5 Å². The predicted octanol–water partition coefficient (Wildman–Crippen LogP) is 11.6. The Hall–Kier alpha value is -6.92. The molecule has 0 atom stereocenters. The standard InChI is InChI=1S/C47H31N5O/c1-47(2)38-19-8-6-14-31(38)37-26-29(21-24-39(37)47)44-49-43(28-12-4-3-5-13-28)50-45(51-44)36-17-10-16-34-33-23-22-30(27-41(33)53-42(34)36)52-40-20-9-7-15-32(40)35-18-11-25-48-46(35)52/h3-27H,1-2H3. The summed E-state index contributed by atoms with van der Waals surface area (Å²) in [6.45, 7) is 4.59. The number of rotatable bonds is 4. The first-order valence-corrected chi connectivity index (χ1v) is 17.9. The van der Waals surface area contributed by atoms with Crippen LogP contribution in [0.5, 0.6) is 0 Å². The Bertz CT molecular complexity index is 3050. The zero-order chi connectivity index (χ0) is 35.3. The fraction of sp³-hybridized carbons (Fsp3) is 0.0638. The molecule has 4 aromatic heterocycles. The number of furan rings is 1. The molecule has 0 fully saturated rings. The molecular formula is C47H31N5O. The van der Waals surface area contributed by atoms with Gasteiger partial charge in [-0.2, -0.15) is 0 Å². The second-order valence-electron chi connectivity index (χ2n) is 14.3. The molecule has 1 aliphatic rings. The van der Waals surface area contributed by atoms with Crippen LogP contribution < -0.4 is 0 Å². The van der Waals surface area contributed by atoms with Gasteiger partial charge in [-0.1, -0.05) is 111 Å². The first-order chi connectivity index (χ1) is 26.0. The van der Waals surface area contributed by atoms with Crippen LogP contribution in [0.15, 0.2) is 156 Å². The van der Waals surface area contributed by atoms with Gasteiger partial charge in [-0.05, 0) is 64.7 Å². The average molecular weight is 682 g/mol. The molecule has 53 heavy (non-hydrogen) atoms. The first kappa shape index (κ1) is 29.8. The highest BCUT2D eigenvalue weighted by molar-refractivity contribution is 6.11. The molecule has 0 bridgehead atoms. The summed E-state index contributed by atoms with van der Waals surface area (Å²) in [4.78, 5) is 20.1. The van der Waals surface area contributed by atoms with Gasteiger partial charge in [0.1, 0.15) is 16.8 Å². The molecule has 0 N–H and O–H groups in total. The summed E-state index contributed by atoms with van der Waals surface area (Å²) in [7, 11) is 0. The van der Waals surface area contributed by atoms with Crippen LogP contribution in [0.3, 0.4) is 0 Å². The molecule has 0 amide bonds. The largest absolute Gasteiger partial charge is 0.455 e. The molecule has 6 nitrogen and oxygen atoms in total. The fourth-order valence-electron chi connectivity index (χ4n) is 8.36. The van der Waals surface area contributed by atoms with Gasteiger partial charge in [0.05, 0.1) is 16.8 Å². The number of hydrogen-bond acceptors (Lipinski definition) is 5. The van der Waals surface area contributed by atoms with E-state index in [1.165, 1.54) is 27.6 Å². The maximum absolute atomic E-state index is 6.78. The van der Waals surface area contributed by atoms with E-state index in [1.54, 1.807) is 0 Å². The van der Waals surface area contributed by atoms with Crippen molar-refractivity contribution in [2.24, 2.45) is 0 Å². The molecular weight excluding hydrogens is 651 g/mol. The Labute approximate surface area is 305 Å². The van der Waals surface area contributed by atoms with Crippen molar-refractivity contribution in [3.05, 3.63) is 163 Å². The third kappa shape index (κ3) is 4.39. The fourth-order valence-corrected chi connectivity index (χ4v) is 8.36. The van der Waals surface area contributed by atoms with Crippen molar-refractivity contribution in [2.75, 3.05) is 0 Å². The minimum Gasteiger partial charge on any atom is -0.455 e. The van der Waals surface area contributed by atoms with Crippen molar-refractivity contribution >= 4 is 43.9 Å². The van der Waals surface area contributed by atoms with Crippen molar-refractivity contribution in [3.63, 3.8) is 0 Å². The zero-order valence-electron chi connectivity index (χ0n) is 29.1. The van der Waals surface area contributed by atoms with E-state index >= 15 is 0 Å². The van der Waals surface area contributed by atoms with Crippen LogP contribution in [0.1, 0.15) is 25.0 Å². The number of hydrogen-bond donors (Lipinski definition) is 0. The molecule has 0 radical (unpaired) electrons. The lowest BCUT2D eigenvalue weighted by molar-refractivity contribution is 0.660. The summed E-state index contributed by atoms with van der Waals surface area (Å²) in [6.07, 6.45) is 1.85. The normalized spacial score (nSPS) is 13.2. The van der Waals surface area contributed by atoms with E-state index in [0.29, 0.717) is 17.5 Å². The van der Waals surface area contributed by atoms with Gasteiger partial charge in [-0.15, -0.1) is 0 Å². The Kier molecular flexibility index (Phi) is 6.20. The molecule has 250 valence electrons. The molecule has 11 rings (SSSR count). The van der Waals surface area contributed by atoms with E-state index in [9.17, 15) is 0 Å². The van der Waals surface area contributed by atoms with Gasteiger partial charge in [0.2, 0.25) is 0 Å². The Morgan fingerprint density at radius 1 is 0.509 bits per heavy atom. The molecule has 6 aromatic carbocycles. The van der Waals surface area contributed by atoms with E-state index in [2.05, 4.69) is 122 Å². The second kappa shape index (κ2) is 11.0. The van der Waals surface area contributed by atoms with Gasteiger partial charge < -0.3 is 4.42 Å². The highest BCUT2D eigenvalue weighted by Gasteiger charge is 2.35. The van der Waals surface area contributed by atoms with Crippen LogP contribution in [0.4, 0.5) is 0 Å². The lowest BCUT2D eigenvalue weighted by Crippen LogP contribution is -2.14. The van der Waals surface area contributed by atoms with Gasteiger partial charge in [-0.3, -0.25) is 4.57 Å². The molecule has 0 saturated heterocycles. The summed E-state index contributed by atoms with van der Waals surface area (Å²) in [5, 5.41) is 4.31. The van der Waals surface area contributed by atoms with Crippen molar-refractivity contribution in [2.45, 2.75) is 19.3 Å². The molecule has 1 aliphatic carbocycles. The Balaban J connectivity index is 1.10. The number of para-hydroxylation sites is 2. The average Bonchev–Trinajstić information content (AvgIpc) is 3.83. The lowest BCUT2D eigenvalue weighted by atomic mass is 9.82. The van der Waals surface area contributed by atoms with Crippen LogP contribution in [0.25, 0.3) is 94.9 Å². The first-order valence-electron chi connectivity index (χ1n) is 17.9. The topological polar surface area (TPSA) is 69.6 Å². The molecule has 0 aliphatic heterocycles. The van der Waals surface area contributed by atoms with Crippen molar-refractivity contribution in [1.29, 1.82) is 0 Å². The van der Waals surface area contributed by atoms with Crippen LogP contribution in [-0.4, -0.2) is 24.5 Å². The van der Waals surface area contributed by atoms with Crippen LogP contribution in [-0.2, 0) is 5.41 Å². The SMILES string of the molecule is CC1(C)c2ccccc2-c2cc(-c3nc(-c4ccccc4)nc(-c4cccc5c4oc4cc(-n6c7ccccc7c7cccnc76)ccc45)n3)ccc21. The smallest absolute Gasteiger partial charge is 0.167 e. The van der Waals surface area contributed by atoms with E-state index < -0.39 is 0 Å². The van der Waals surface area contributed by atoms with E-state index in [0.717, 1.165) is 60.9 Å². The van der Waals surface area contributed by atoms with Gasteiger partial charge >= 0.3 is 0 Å². The summed E-state index contributed by atoms with van der Waals surface area (Å²) < 4.78 is 8.99. The summed E-state index contributed by atoms with van der Waals surface area (Å²) >= 11 is 0. The number of aromatic nitrogens is 5. The quantitative estimate of drug-likeness (QED) is 0.185. The third-order valence-corrected chi connectivity index (χ3v) is 10.9. The van der Waals surface area contributed by atoms with Gasteiger partial charge in [0.25, 0.3) is 0 Å². The highest BCUT2D eigenvalue weighted by Crippen LogP contribution is 2.49. The third-order valence-electron chi connectivity index (χ3n) is 10.9. The van der Waals surface area contributed by atoms with Gasteiger partial charge in [0.15, 0.2) is 17.5 Å². The number of benzene rings is 6. The molecule has 10 aromatic rings. The van der Waals surface area contributed by atoms with Gasteiger partial charge in [0, 0.05) is 50.4 Å². The monoisotopic (exact) mass is 681 g/mol. The summed E-state index contributed by atoms with van der Waals surface area (Å²) in [5.74, 6) is 1.79. The maximum Gasteiger partial charge on any atom is 0.167 e. The molecule has 0 saturated carbocycles. The van der Waals surface area contributed by atoms with Crippen molar-refractivity contribution in [3.8, 4) is 51.0 Å². The van der Waals surface area contributed by atoms with Gasteiger partial charge in [-0.25, -0.2) is 19.9 Å². The lowest BCUT2D eigenvalue weighted by Gasteiger charge is -2.21. The second-order valence-corrected chi connectivity index (χ2v) is 14.3. The molecule has 6 heteroatoms. The predicted molar refractivity (Wildman–Crippen MR) is 213 cm³/mol.